The number of benzene rings is 2. The molecule has 2 N–H and O–H groups in total. The minimum Gasteiger partial charge on any atom is -0.387 e. The number of nitrogens with one attached hydrogen (secondary N) is 1. The topological polar surface area (TPSA) is 54.3 Å². The molecule has 0 aliphatic carbocycles. The van der Waals surface area contributed by atoms with Crippen LogP contribution in [-0.2, 0) is 7.05 Å². The van der Waals surface area contributed by atoms with E-state index in [2.05, 4.69) is 5.32 Å². The normalized spacial score (nSPS) is 12.3. The number of aromatic nitrogens is 1. The van der Waals surface area contributed by atoms with Crippen LogP contribution < -0.4 is 5.32 Å². The number of carbonyl (C=O) groups is 1. The number of nitrogens with zero attached hydrogens (tertiary/aromatic N) is 1. The quantitative estimate of drug-likeness (QED) is 0.760. The van der Waals surface area contributed by atoms with Gasteiger partial charge in [-0.05, 0) is 41.3 Å². The predicted molar refractivity (Wildman–Crippen MR) is 91.6 cm³/mol. The van der Waals surface area contributed by atoms with Gasteiger partial charge in [0.25, 0.3) is 5.91 Å². The molecule has 1 atom stereocenters. The number of aryl methyl sites for hydroxylation is 1. The van der Waals surface area contributed by atoms with Gasteiger partial charge in [0.05, 0.1) is 16.7 Å². The lowest BCUT2D eigenvalue weighted by Crippen LogP contribution is -2.29. The fourth-order valence-corrected chi connectivity index (χ4v) is 2.87. The van der Waals surface area contributed by atoms with Crippen LogP contribution in [0, 0.1) is 5.82 Å². The monoisotopic (exact) mass is 346 g/mol. The van der Waals surface area contributed by atoms with Crippen LogP contribution in [0.25, 0.3) is 10.9 Å². The van der Waals surface area contributed by atoms with Gasteiger partial charge in [-0.25, -0.2) is 4.39 Å². The highest BCUT2D eigenvalue weighted by molar-refractivity contribution is 6.33. The van der Waals surface area contributed by atoms with Gasteiger partial charge in [0, 0.05) is 25.3 Å². The highest BCUT2D eigenvalue weighted by Gasteiger charge is 2.17. The Morgan fingerprint density at radius 2 is 2.12 bits per heavy atom. The molecule has 0 spiro atoms. The molecule has 0 saturated carbocycles. The van der Waals surface area contributed by atoms with Gasteiger partial charge in [0.15, 0.2) is 0 Å². The molecule has 2 aromatic carbocycles. The van der Waals surface area contributed by atoms with Crippen molar-refractivity contribution in [2.75, 3.05) is 6.54 Å². The second kappa shape index (κ2) is 6.63. The van der Waals surface area contributed by atoms with Crippen molar-refractivity contribution >= 4 is 28.4 Å². The highest BCUT2D eigenvalue weighted by atomic mass is 35.5. The van der Waals surface area contributed by atoms with Gasteiger partial charge >= 0.3 is 0 Å². The van der Waals surface area contributed by atoms with Crippen LogP contribution in [0.2, 0.25) is 5.02 Å². The van der Waals surface area contributed by atoms with Crippen LogP contribution in [-0.4, -0.2) is 22.1 Å². The van der Waals surface area contributed by atoms with E-state index in [1.54, 1.807) is 6.07 Å². The average molecular weight is 347 g/mol. The Balaban J connectivity index is 1.72. The summed E-state index contributed by atoms with van der Waals surface area (Å²) >= 11 is 5.86. The average Bonchev–Trinajstić information content (AvgIpc) is 2.93. The minimum atomic E-state index is -0.899. The third kappa shape index (κ3) is 3.13. The lowest BCUT2D eigenvalue weighted by molar-refractivity contribution is 0.0912. The van der Waals surface area contributed by atoms with Crippen molar-refractivity contribution in [1.29, 1.82) is 0 Å². The van der Waals surface area contributed by atoms with Crippen LogP contribution >= 0.6 is 11.6 Å². The van der Waals surface area contributed by atoms with Crippen molar-refractivity contribution in [2.45, 2.75) is 6.10 Å². The van der Waals surface area contributed by atoms with E-state index in [0.717, 1.165) is 10.9 Å². The number of halogens is 2. The second-order valence-electron chi connectivity index (χ2n) is 5.57. The maximum absolute atomic E-state index is 13.7. The van der Waals surface area contributed by atoms with E-state index >= 15 is 0 Å². The highest BCUT2D eigenvalue weighted by Crippen LogP contribution is 2.22. The molecule has 1 aromatic heterocycles. The largest absolute Gasteiger partial charge is 0.387 e. The zero-order chi connectivity index (χ0) is 17.3. The number of aliphatic hydroxyl groups is 1. The summed E-state index contributed by atoms with van der Waals surface area (Å²) in [5, 5.41) is 13.8. The number of fused-ring (bicyclic) bond motifs is 1. The molecular formula is C18H16ClFN2O2. The third-order valence-electron chi connectivity index (χ3n) is 3.94. The Morgan fingerprint density at radius 3 is 2.88 bits per heavy atom. The molecule has 0 aliphatic heterocycles. The van der Waals surface area contributed by atoms with Crippen molar-refractivity contribution in [2.24, 2.45) is 7.05 Å². The summed E-state index contributed by atoms with van der Waals surface area (Å²) in [7, 11) is 1.94. The zero-order valence-electron chi connectivity index (χ0n) is 13.0. The SMILES string of the molecule is Cn1ccc2cc([C@@H](O)CNC(=O)c3c(F)cccc3Cl)ccc21. The van der Waals surface area contributed by atoms with Crippen molar-refractivity contribution < 1.29 is 14.3 Å². The molecule has 0 unspecified atom stereocenters. The molecule has 0 aliphatic rings. The van der Waals surface area contributed by atoms with Crippen molar-refractivity contribution in [1.82, 2.24) is 9.88 Å². The van der Waals surface area contributed by atoms with Gasteiger partial charge < -0.3 is 15.0 Å². The Kier molecular flexibility index (Phi) is 4.55. The molecule has 124 valence electrons. The fourth-order valence-electron chi connectivity index (χ4n) is 2.62. The zero-order valence-corrected chi connectivity index (χ0v) is 13.7. The molecule has 1 amide bonds. The standard InChI is InChI=1S/C18H16ClFN2O2/c1-22-8-7-11-9-12(5-6-15(11)22)16(23)10-21-18(24)17-13(19)3-2-4-14(17)20/h2-9,16,23H,10H2,1H3,(H,21,24)/t16-/m0/s1. The molecule has 1 heterocycles. The molecule has 0 saturated heterocycles. The molecule has 24 heavy (non-hydrogen) atoms. The summed E-state index contributed by atoms with van der Waals surface area (Å²) in [6.45, 7) is -0.0398. The molecule has 4 nitrogen and oxygen atoms in total. The first kappa shape index (κ1) is 16.5. The van der Waals surface area contributed by atoms with Crippen LogP contribution in [0.3, 0.4) is 0 Å². The van der Waals surface area contributed by atoms with E-state index in [9.17, 15) is 14.3 Å². The summed E-state index contributed by atoms with van der Waals surface area (Å²) in [6, 6.07) is 11.6. The number of rotatable bonds is 4. The van der Waals surface area contributed by atoms with E-state index in [0.29, 0.717) is 5.56 Å². The van der Waals surface area contributed by atoms with Crippen molar-refractivity contribution in [3.8, 4) is 0 Å². The van der Waals surface area contributed by atoms with Gasteiger partial charge in [-0.3, -0.25) is 4.79 Å². The lowest BCUT2D eigenvalue weighted by atomic mass is 10.1. The lowest BCUT2D eigenvalue weighted by Gasteiger charge is -2.13. The maximum atomic E-state index is 13.7. The summed E-state index contributed by atoms with van der Waals surface area (Å²) in [4.78, 5) is 12.1. The first-order chi connectivity index (χ1) is 11.5. The smallest absolute Gasteiger partial charge is 0.255 e. The molecular weight excluding hydrogens is 331 g/mol. The number of hydrogen-bond donors (Lipinski definition) is 2. The molecule has 3 rings (SSSR count). The van der Waals surface area contributed by atoms with E-state index in [1.165, 1.54) is 18.2 Å². The summed E-state index contributed by atoms with van der Waals surface area (Å²) in [5.41, 5.74) is 1.51. The molecule has 0 radical (unpaired) electrons. The second-order valence-corrected chi connectivity index (χ2v) is 5.97. The van der Waals surface area contributed by atoms with Crippen LogP contribution in [0.15, 0.2) is 48.7 Å². The summed E-state index contributed by atoms with van der Waals surface area (Å²) in [6.07, 6.45) is 1.03. The Hall–Kier alpha value is -2.37. The van der Waals surface area contributed by atoms with E-state index in [4.69, 9.17) is 11.6 Å². The van der Waals surface area contributed by atoms with Gasteiger partial charge in [-0.1, -0.05) is 23.7 Å². The van der Waals surface area contributed by atoms with E-state index < -0.39 is 17.8 Å². The van der Waals surface area contributed by atoms with Gasteiger partial charge in [0.1, 0.15) is 5.82 Å². The van der Waals surface area contributed by atoms with Gasteiger partial charge in [-0.2, -0.15) is 0 Å². The maximum Gasteiger partial charge on any atom is 0.255 e. The van der Waals surface area contributed by atoms with E-state index in [1.807, 2.05) is 36.0 Å². The molecule has 0 fully saturated rings. The fraction of sp³-hybridized carbons (Fsp3) is 0.167. The minimum absolute atomic E-state index is 0.0349. The van der Waals surface area contributed by atoms with Crippen LogP contribution in [0.5, 0.6) is 0 Å². The number of carbonyl (C=O) groups excluding carboxylic acids is 1. The Bertz CT molecular complexity index is 887. The Labute approximate surface area is 143 Å². The number of hydrogen-bond acceptors (Lipinski definition) is 2. The van der Waals surface area contributed by atoms with Gasteiger partial charge in [-0.15, -0.1) is 0 Å². The van der Waals surface area contributed by atoms with Crippen LogP contribution in [0.1, 0.15) is 22.0 Å². The summed E-state index contributed by atoms with van der Waals surface area (Å²) in [5.74, 6) is -1.35. The molecule has 3 aromatic rings. The molecule has 0 bridgehead atoms. The molecule has 6 heteroatoms. The van der Waals surface area contributed by atoms with Crippen molar-refractivity contribution in [3.63, 3.8) is 0 Å². The Morgan fingerprint density at radius 1 is 1.33 bits per heavy atom. The first-order valence-corrected chi connectivity index (χ1v) is 7.80. The van der Waals surface area contributed by atoms with Crippen LogP contribution in [0.4, 0.5) is 4.39 Å². The van der Waals surface area contributed by atoms with Crippen molar-refractivity contribution in [3.05, 3.63) is 70.6 Å². The number of aliphatic hydroxyl groups excluding tert-OH is 1. The first-order valence-electron chi connectivity index (χ1n) is 7.42. The third-order valence-corrected chi connectivity index (χ3v) is 4.25. The number of amides is 1. The predicted octanol–water partition coefficient (Wildman–Crippen LogP) is 3.43. The summed E-state index contributed by atoms with van der Waals surface area (Å²) < 4.78 is 15.7. The van der Waals surface area contributed by atoms with Gasteiger partial charge in [0.2, 0.25) is 0 Å². The van der Waals surface area contributed by atoms with E-state index in [-0.39, 0.29) is 17.1 Å².